The molecule has 0 fully saturated rings. The van der Waals surface area contributed by atoms with Crippen molar-refractivity contribution >= 4 is 18.6 Å². The summed E-state index contributed by atoms with van der Waals surface area (Å²) < 4.78 is 0. The number of ketones is 1. The lowest BCUT2D eigenvalue weighted by atomic mass is 10.0. The molecular weight excluding hydrogens is 282 g/mol. The van der Waals surface area contributed by atoms with Crippen LogP contribution >= 0.6 is 0 Å². The van der Waals surface area contributed by atoms with E-state index < -0.39 is 0 Å². The molecule has 0 atom stereocenters. The molecule has 0 aliphatic rings. The maximum absolute atomic E-state index is 12.3. The van der Waals surface area contributed by atoms with Gasteiger partial charge >= 0.3 is 0 Å². The topological polar surface area (TPSA) is 29.4 Å². The number of carbonyl (C=O) groups excluding carboxylic acids is 1. The number of hydrogen-bond donors (Lipinski definition) is 0. The molecule has 2 heteroatoms. The lowest BCUT2D eigenvalue weighted by molar-refractivity contribution is 0.103. The number of aliphatic imine (C=N–C) groups is 1. The van der Waals surface area contributed by atoms with E-state index >= 15 is 0 Å². The Morgan fingerprint density at radius 1 is 0.957 bits per heavy atom. The van der Waals surface area contributed by atoms with E-state index in [1.54, 1.807) is 6.20 Å². The van der Waals surface area contributed by atoms with Crippen molar-refractivity contribution in [2.24, 2.45) is 4.99 Å². The Bertz CT molecular complexity index is 750. The molecule has 2 nitrogen and oxygen atoms in total. The van der Waals surface area contributed by atoms with E-state index in [-0.39, 0.29) is 5.78 Å². The summed E-state index contributed by atoms with van der Waals surface area (Å²) >= 11 is 0. The molecule has 0 bridgehead atoms. The lowest BCUT2D eigenvalue weighted by Gasteiger charge is -2.02. The Labute approximate surface area is 137 Å². The van der Waals surface area contributed by atoms with Crippen LogP contribution in [0.3, 0.4) is 0 Å². The highest BCUT2D eigenvalue weighted by Crippen LogP contribution is 2.13. The van der Waals surface area contributed by atoms with Crippen LogP contribution in [0.4, 0.5) is 0 Å². The van der Waals surface area contributed by atoms with Crippen LogP contribution in [0.25, 0.3) is 6.08 Å². The molecule has 0 radical (unpaired) electrons. The maximum Gasteiger partial charge on any atom is 0.193 e. The van der Waals surface area contributed by atoms with Crippen LogP contribution in [-0.4, -0.2) is 12.5 Å². The zero-order valence-electron chi connectivity index (χ0n) is 13.1. The van der Waals surface area contributed by atoms with Crippen LogP contribution in [0.5, 0.6) is 0 Å². The summed E-state index contributed by atoms with van der Waals surface area (Å²) in [7, 11) is 0. The molecule has 0 saturated carbocycles. The molecule has 0 unspecified atom stereocenters. The first-order valence-corrected chi connectivity index (χ1v) is 7.41. The summed E-state index contributed by atoms with van der Waals surface area (Å²) in [5.41, 5.74) is 3.47. The molecule has 0 spiro atoms. The molecule has 0 aromatic heterocycles. The molecule has 0 saturated heterocycles. The average Bonchev–Trinajstić information content (AvgIpc) is 2.62. The van der Waals surface area contributed by atoms with Gasteiger partial charge in [-0.3, -0.25) is 9.79 Å². The van der Waals surface area contributed by atoms with E-state index in [0.29, 0.717) is 11.1 Å². The number of hydrogen-bond acceptors (Lipinski definition) is 2. The number of nitrogens with zero attached hydrogens (tertiary/aromatic N) is 1. The second-order valence-corrected chi connectivity index (χ2v) is 4.94. The van der Waals surface area contributed by atoms with E-state index in [1.165, 1.54) is 0 Å². The molecule has 0 aliphatic heterocycles. The first-order valence-electron chi connectivity index (χ1n) is 7.41. The molecule has 2 aromatic rings. The molecule has 0 heterocycles. The van der Waals surface area contributed by atoms with Crippen LogP contribution in [0.15, 0.2) is 89.6 Å². The van der Waals surface area contributed by atoms with Gasteiger partial charge < -0.3 is 0 Å². The second kappa shape index (κ2) is 8.44. The van der Waals surface area contributed by atoms with Crippen LogP contribution in [0.2, 0.25) is 0 Å². The highest BCUT2D eigenvalue weighted by atomic mass is 16.1. The van der Waals surface area contributed by atoms with Crippen molar-refractivity contribution in [1.82, 2.24) is 0 Å². The molecule has 23 heavy (non-hydrogen) atoms. The van der Waals surface area contributed by atoms with Gasteiger partial charge in [0.15, 0.2) is 5.78 Å². The summed E-state index contributed by atoms with van der Waals surface area (Å²) in [6.45, 7) is 5.38. The second-order valence-electron chi connectivity index (χ2n) is 4.94. The Kier molecular flexibility index (Phi) is 6.01. The molecule has 2 rings (SSSR count). The quantitative estimate of drug-likeness (QED) is 0.415. The molecule has 0 N–H and O–H groups in total. The Morgan fingerprint density at radius 3 is 2.22 bits per heavy atom. The first kappa shape index (κ1) is 16.4. The van der Waals surface area contributed by atoms with Gasteiger partial charge in [-0.15, -0.1) is 0 Å². The Hall–Kier alpha value is -3.00. The average molecular weight is 301 g/mol. The van der Waals surface area contributed by atoms with Gasteiger partial charge in [-0.25, -0.2) is 0 Å². The number of benzene rings is 2. The third kappa shape index (κ3) is 4.75. The predicted octanol–water partition coefficient (Wildman–Crippen LogP) is 5.09. The molecule has 0 amide bonds. The standard InChI is InChI=1S/C21H19NO/c1-3-17(15-16-22-2)9-10-18-11-13-20(14-12-18)21(23)19-7-5-4-6-8-19/h3-16H,2H2,1H3/b10-9+,16-15-,17-3-. The minimum Gasteiger partial charge on any atom is -0.289 e. The summed E-state index contributed by atoms with van der Waals surface area (Å²) in [4.78, 5) is 16.0. The van der Waals surface area contributed by atoms with Crippen molar-refractivity contribution in [3.63, 3.8) is 0 Å². The van der Waals surface area contributed by atoms with Crippen LogP contribution in [-0.2, 0) is 0 Å². The van der Waals surface area contributed by atoms with Crippen molar-refractivity contribution < 1.29 is 4.79 Å². The smallest absolute Gasteiger partial charge is 0.193 e. The summed E-state index contributed by atoms with van der Waals surface area (Å²) in [5.74, 6) is 0.0373. The highest BCUT2D eigenvalue weighted by Gasteiger charge is 2.07. The molecule has 0 aliphatic carbocycles. The summed E-state index contributed by atoms with van der Waals surface area (Å²) in [5, 5.41) is 0. The Morgan fingerprint density at radius 2 is 1.61 bits per heavy atom. The normalized spacial score (nSPS) is 12.0. The first-order chi connectivity index (χ1) is 11.2. The number of rotatable bonds is 6. The van der Waals surface area contributed by atoms with Crippen LogP contribution < -0.4 is 0 Å². The van der Waals surface area contributed by atoms with E-state index in [9.17, 15) is 4.79 Å². The van der Waals surface area contributed by atoms with E-state index in [1.807, 2.05) is 85.8 Å². The van der Waals surface area contributed by atoms with Crippen molar-refractivity contribution in [2.45, 2.75) is 6.92 Å². The van der Waals surface area contributed by atoms with Gasteiger partial charge in [0.05, 0.1) is 0 Å². The number of allylic oxidation sites excluding steroid dienone is 4. The molecular formula is C21H19NO. The third-order valence-corrected chi connectivity index (χ3v) is 3.38. The van der Waals surface area contributed by atoms with Gasteiger partial charge in [0.2, 0.25) is 0 Å². The van der Waals surface area contributed by atoms with E-state index in [2.05, 4.69) is 11.7 Å². The van der Waals surface area contributed by atoms with Crippen molar-refractivity contribution in [3.05, 3.63) is 101 Å². The molecule has 114 valence electrons. The fourth-order valence-corrected chi connectivity index (χ4v) is 2.08. The zero-order chi connectivity index (χ0) is 16.5. The fourth-order valence-electron chi connectivity index (χ4n) is 2.08. The van der Waals surface area contributed by atoms with Crippen molar-refractivity contribution in [3.8, 4) is 0 Å². The third-order valence-electron chi connectivity index (χ3n) is 3.38. The van der Waals surface area contributed by atoms with Gasteiger partial charge in [0.25, 0.3) is 0 Å². The summed E-state index contributed by atoms with van der Waals surface area (Å²) in [6, 6.07) is 16.9. The fraction of sp³-hybridized carbons (Fsp3) is 0.0476. The monoisotopic (exact) mass is 301 g/mol. The highest BCUT2D eigenvalue weighted by molar-refractivity contribution is 6.09. The van der Waals surface area contributed by atoms with Crippen molar-refractivity contribution in [1.29, 1.82) is 0 Å². The van der Waals surface area contributed by atoms with Gasteiger partial charge in [-0.1, -0.05) is 72.8 Å². The van der Waals surface area contributed by atoms with Crippen LogP contribution in [0.1, 0.15) is 28.4 Å². The SMILES string of the molecule is C=N\C=C/C(=C\C)/C=C/c1ccc(C(=O)c2ccccc2)cc1. The van der Waals surface area contributed by atoms with Gasteiger partial charge in [0.1, 0.15) is 0 Å². The van der Waals surface area contributed by atoms with Gasteiger partial charge in [0, 0.05) is 17.3 Å². The van der Waals surface area contributed by atoms with Crippen LogP contribution in [0, 0.1) is 0 Å². The minimum atomic E-state index is 0.0373. The zero-order valence-corrected chi connectivity index (χ0v) is 13.1. The molecule has 2 aromatic carbocycles. The van der Waals surface area contributed by atoms with Gasteiger partial charge in [-0.05, 0) is 30.9 Å². The maximum atomic E-state index is 12.3. The van der Waals surface area contributed by atoms with E-state index in [4.69, 9.17) is 0 Å². The van der Waals surface area contributed by atoms with Crippen molar-refractivity contribution in [2.75, 3.05) is 0 Å². The largest absolute Gasteiger partial charge is 0.289 e. The van der Waals surface area contributed by atoms with E-state index in [0.717, 1.165) is 11.1 Å². The number of carbonyl (C=O) groups is 1. The predicted molar refractivity (Wildman–Crippen MR) is 97.8 cm³/mol. The summed E-state index contributed by atoms with van der Waals surface area (Å²) in [6.07, 6.45) is 9.53. The minimum absolute atomic E-state index is 0.0373. The van der Waals surface area contributed by atoms with Gasteiger partial charge in [-0.2, -0.15) is 0 Å². The lowest BCUT2D eigenvalue weighted by Crippen LogP contribution is -2.00. The Balaban J connectivity index is 2.12.